The normalized spacial score (nSPS) is 53.2. The zero-order valence-electron chi connectivity index (χ0n) is 23.0. The number of hydrogen-bond acceptors (Lipinski definition) is 9. The van der Waals surface area contributed by atoms with Crippen LogP contribution in [0, 0.1) is 40.4 Å². The van der Waals surface area contributed by atoms with E-state index in [1.165, 1.54) is 13.8 Å². The molecule has 0 aromatic carbocycles. The van der Waals surface area contributed by atoms with Crippen molar-refractivity contribution in [1.29, 1.82) is 0 Å². The first-order valence-corrected chi connectivity index (χ1v) is 14.0. The SMILES string of the molecule is CCN1C[C@]2(COC)CC[C@H](O)[C@@]34[C@@H]5C[C@H]6[C@H](OC(C)=O)[C@@H]5[C@](OC(C)=O)(C[C@@H]6OC)[C@@H]([C@@H](OC)[C@H]23)[C@@H]14. The van der Waals surface area contributed by atoms with E-state index in [0.717, 1.165) is 25.9 Å². The van der Waals surface area contributed by atoms with Gasteiger partial charge >= 0.3 is 11.9 Å². The minimum atomic E-state index is -0.922. The van der Waals surface area contributed by atoms with Crippen LogP contribution in [0.4, 0.5) is 0 Å². The van der Waals surface area contributed by atoms with Gasteiger partial charge in [-0.05, 0) is 31.7 Å². The third-order valence-corrected chi connectivity index (χ3v) is 11.7. The Labute approximate surface area is 219 Å². The van der Waals surface area contributed by atoms with Crippen LogP contribution >= 0.6 is 0 Å². The Morgan fingerprint density at radius 2 is 1.81 bits per heavy atom. The van der Waals surface area contributed by atoms with E-state index in [1.807, 2.05) is 0 Å². The standard InChI is InChI=1S/C28H43NO8/c1-7-29-12-26(13-33-4)9-8-19(32)28-17-10-16-18(34-5)11-27(37-15(3)31,20(17)22(16)36-14(2)30)21(25(28)29)23(35-6)24(26)28/h16-25,32H,7-13H2,1-6H3/t16-,17-,18+,19+,20-,21+,22+,23-,24-,25-,26+,27-,28+/m1/s1. The second kappa shape index (κ2) is 8.62. The second-order valence-electron chi connectivity index (χ2n) is 12.7. The Morgan fingerprint density at radius 1 is 1.05 bits per heavy atom. The number of methoxy groups -OCH3 is 3. The Bertz CT molecular complexity index is 960. The van der Waals surface area contributed by atoms with Gasteiger partial charge in [0.2, 0.25) is 0 Å². The van der Waals surface area contributed by atoms with Crippen molar-refractivity contribution in [3.05, 3.63) is 0 Å². The Balaban J connectivity index is 1.65. The molecule has 0 aromatic heterocycles. The number of likely N-dealkylation sites (tertiary alicyclic amines) is 1. The highest BCUT2D eigenvalue weighted by Gasteiger charge is 2.87. The van der Waals surface area contributed by atoms with Crippen LogP contribution in [0.1, 0.15) is 46.5 Å². The van der Waals surface area contributed by atoms with Crippen molar-refractivity contribution in [3.8, 4) is 0 Å². The number of rotatable bonds is 7. The van der Waals surface area contributed by atoms with Gasteiger partial charge in [0.15, 0.2) is 0 Å². The predicted octanol–water partition coefficient (Wildman–Crippen LogP) is 1.64. The smallest absolute Gasteiger partial charge is 0.303 e. The molecule has 6 fully saturated rings. The Morgan fingerprint density at radius 3 is 2.41 bits per heavy atom. The molecule has 9 heteroatoms. The topological polar surface area (TPSA) is 104 Å². The molecule has 5 aliphatic carbocycles. The molecule has 1 N–H and O–H groups in total. The molecular weight excluding hydrogens is 478 g/mol. The van der Waals surface area contributed by atoms with Gasteiger partial charge in [-0.2, -0.15) is 0 Å². The van der Waals surface area contributed by atoms with Gasteiger partial charge in [0.1, 0.15) is 11.7 Å². The third-order valence-electron chi connectivity index (χ3n) is 11.7. The maximum atomic E-state index is 12.9. The molecule has 7 bridgehead atoms. The first-order valence-electron chi connectivity index (χ1n) is 14.0. The lowest BCUT2D eigenvalue weighted by molar-refractivity contribution is -0.278. The van der Waals surface area contributed by atoms with E-state index in [4.69, 9.17) is 23.7 Å². The average Bonchev–Trinajstić information content (AvgIpc) is 3.27. The molecule has 0 unspecified atom stereocenters. The molecule has 6 rings (SSSR count). The number of hydrogen-bond donors (Lipinski definition) is 1. The maximum Gasteiger partial charge on any atom is 0.303 e. The van der Waals surface area contributed by atoms with Gasteiger partial charge in [-0.1, -0.05) is 6.92 Å². The number of esters is 2. The Hall–Kier alpha value is -1.26. The Kier molecular flexibility index (Phi) is 6.05. The number of nitrogens with zero attached hydrogens (tertiary/aromatic N) is 1. The second-order valence-corrected chi connectivity index (χ2v) is 12.7. The molecule has 208 valence electrons. The van der Waals surface area contributed by atoms with E-state index in [0.29, 0.717) is 19.4 Å². The van der Waals surface area contributed by atoms with Crippen LogP contribution in [0.5, 0.6) is 0 Å². The van der Waals surface area contributed by atoms with Crippen molar-refractivity contribution in [2.24, 2.45) is 40.4 Å². The van der Waals surface area contributed by atoms with Gasteiger partial charge in [0.05, 0.1) is 24.9 Å². The molecule has 6 aliphatic rings. The van der Waals surface area contributed by atoms with Gasteiger partial charge in [0, 0.05) is 88.7 Å². The van der Waals surface area contributed by atoms with Crippen LogP contribution in [0.2, 0.25) is 0 Å². The molecule has 0 radical (unpaired) electrons. The number of aliphatic hydroxyl groups is 1. The number of piperidine rings is 1. The third kappa shape index (κ3) is 2.98. The quantitative estimate of drug-likeness (QED) is 0.501. The van der Waals surface area contributed by atoms with E-state index >= 15 is 0 Å². The summed E-state index contributed by atoms with van der Waals surface area (Å²) >= 11 is 0. The zero-order valence-corrected chi connectivity index (χ0v) is 23.0. The summed E-state index contributed by atoms with van der Waals surface area (Å²) in [6.45, 7) is 7.38. The van der Waals surface area contributed by atoms with Crippen LogP contribution < -0.4 is 0 Å². The first kappa shape index (κ1) is 26.0. The maximum absolute atomic E-state index is 12.9. The minimum Gasteiger partial charge on any atom is -0.462 e. The minimum absolute atomic E-state index is 0.00590. The number of ether oxygens (including phenoxy) is 5. The fourth-order valence-electron chi connectivity index (χ4n) is 11.4. The van der Waals surface area contributed by atoms with Crippen molar-refractivity contribution < 1.29 is 38.4 Å². The summed E-state index contributed by atoms with van der Waals surface area (Å²) in [5.41, 5.74) is -1.57. The molecule has 5 saturated carbocycles. The van der Waals surface area contributed by atoms with Gasteiger partial charge in [0.25, 0.3) is 0 Å². The number of carbonyl (C=O) groups is 2. The largest absolute Gasteiger partial charge is 0.462 e. The summed E-state index contributed by atoms with van der Waals surface area (Å²) in [7, 11) is 5.22. The van der Waals surface area contributed by atoms with Crippen molar-refractivity contribution in [2.45, 2.75) is 82.5 Å². The van der Waals surface area contributed by atoms with E-state index in [1.54, 1.807) is 21.3 Å². The zero-order chi connectivity index (χ0) is 26.5. The van der Waals surface area contributed by atoms with Crippen LogP contribution in [-0.4, -0.2) is 99.0 Å². The molecule has 0 aromatic rings. The summed E-state index contributed by atoms with van der Waals surface area (Å²) < 4.78 is 31.0. The lowest BCUT2D eigenvalue weighted by atomic mass is 9.43. The molecule has 1 aliphatic heterocycles. The van der Waals surface area contributed by atoms with Crippen molar-refractivity contribution in [2.75, 3.05) is 41.0 Å². The van der Waals surface area contributed by atoms with E-state index in [9.17, 15) is 14.7 Å². The van der Waals surface area contributed by atoms with E-state index in [2.05, 4.69) is 11.8 Å². The van der Waals surface area contributed by atoms with E-state index in [-0.39, 0.29) is 65.2 Å². The molecule has 37 heavy (non-hydrogen) atoms. The number of carbonyl (C=O) groups excluding carboxylic acids is 2. The van der Waals surface area contributed by atoms with Crippen LogP contribution in [-0.2, 0) is 33.3 Å². The van der Waals surface area contributed by atoms with Gasteiger partial charge in [-0.25, -0.2) is 0 Å². The fraction of sp³-hybridized carbons (Fsp3) is 0.929. The van der Waals surface area contributed by atoms with E-state index < -0.39 is 23.2 Å². The monoisotopic (exact) mass is 521 g/mol. The van der Waals surface area contributed by atoms with Crippen molar-refractivity contribution in [1.82, 2.24) is 4.90 Å². The highest BCUT2D eigenvalue weighted by Crippen LogP contribution is 2.80. The number of aliphatic hydroxyl groups excluding tert-OH is 1. The lowest BCUT2D eigenvalue weighted by Gasteiger charge is -2.69. The van der Waals surface area contributed by atoms with Crippen molar-refractivity contribution in [3.63, 3.8) is 0 Å². The van der Waals surface area contributed by atoms with Gasteiger partial charge < -0.3 is 28.8 Å². The molecule has 1 spiro atoms. The molecule has 1 saturated heterocycles. The molecule has 1 heterocycles. The van der Waals surface area contributed by atoms with Gasteiger partial charge in [-0.15, -0.1) is 0 Å². The van der Waals surface area contributed by atoms with Crippen LogP contribution in [0.25, 0.3) is 0 Å². The average molecular weight is 522 g/mol. The highest BCUT2D eigenvalue weighted by molar-refractivity contribution is 5.68. The van der Waals surface area contributed by atoms with Crippen LogP contribution in [0.3, 0.4) is 0 Å². The summed E-state index contributed by atoms with van der Waals surface area (Å²) in [6, 6.07) is -0.0133. The van der Waals surface area contributed by atoms with Crippen molar-refractivity contribution >= 4 is 11.9 Å². The summed E-state index contributed by atoms with van der Waals surface area (Å²) in [4.78, 5) is 27.8. The molecular formula is C28H43NO8. The fourth-order valence-corrected chi connectivity index (χ4v) is 11.4. The molecule has 9 nitrogen and oxygen atoms in total. The molecule has 0 amide bonds. The van der Waals surface area contributed by atoms with Crippen LogP contribution in [0.15, 0.2) is 0 Å². The summed E-state index contributed by atoms with van der Waals surface area (Å²) in [6.07, 6.45) is 1.46. The lowest BCUT2D eigenvalue weighted by Crippen LogP contribution is -2.76. The number of fused-ring (bicyclic) bond motifs is 2. The molecule has 13 atom stereocenters. The first-order chi connectivity index (χ1) is 17.7. The van der Waals surface area contributed by atoms with Gasteiger partial charge in [-0.3, -0.25) is 14.5 Å². The highest BCUT2D eigenvalue weighted by atomic mass is 16.6. The summed E-state index contributed by atoms with van der Waals surface area (Å²) in [5, 5.41) is 12.1. The summed E-state index contributed by atoms with van der Waals surface area (Å²) in [5.74, 6) is -1.05. The predicted molar refractivity (Wildman–Crippen MR) is 131 cm³/mol.